The molecule has 2 aromatic carbocycles. The molecule has 0 bridgehead atoms. The van der Waals surface area contributed by atoms with Crippen LogP contribution in [0, 0.1) is 0 Å². The van der Waals surface area contributed by atoms with E-state index in [0.717, 1.165) is 16.7 Å². The lowest BCUT2D eigenvalue weighted by Gasteiger charge is -2.06. The summed E-state index contributed by atoms with van der Waals surface area (Å²) >= 11 is 0. The van der Waals surface area contributed by atoms with E-state index in [-0.39, 0.29) is 18.1 Å². The average Bonchev–Trinajstić information content (AvgIpc) is 2.46. The lowest BCUT2D eigenvalue weighted by atomic mass is 10.0. The lowest BCUT2D eigenvalue weighted by Crippen LogP contribution is -1.98. The van der Waals surface area contributed by atoms with Crippen molar-refractivity contribution in [1.29, 1.82) is 0 Å². The number of carboxylic acid groups (broad SMARTS) is 1. The van der Waals surface area contributed by atoms with Gasteiger partial charge in [-0.25, -0.2) is 4.79 Å². The first-order valence-corrected chi connectivity index (χ1v) is 6.12. The molecule has 20 heavy (non-hydrogen) atoms. The third-order valence-corrected chi connectivity index (χ3v) is 2.84. The van der Waals surface area contributed by atoms with Crippen molar-refractivity contribution >= 4 is 11.9 Å². The Morgan fingerprint density at radius 2 is 1.75 bits per heavy atom. The second kappa shape index (κ2) is 6.02. The van der Waals surface area contributed by atoms with Crippen molar-refractivity contribution in [3.05, 3.63) is 59.7 Å². The third kappa shape index (κ3) is 3.45. The Labute approximate surface area is 116 Å². The van der Waals surface area contributed by atoms with Gasteiger partial charge in [0.2, 0.25) is 0 Å². The van der Waals surface area contributed by atoms with Crippen molar-refractivity contribution in [2.75, 3.05) is 0 Å². The van der Waals surface area contributed by atoms with Gasteiger partial charge in [-0.1, -0.05) is 36.4 Å². The van der Waals surface area contributed by atoms with Crippen molar-refractivity contribution in [2.45, 2.75) is 13.5 Å². The molecule has 0 fully saturated rings. The zero-order valence-electron chi connectivity index (χ0n) is 11.0. The van der Waals surface area contributed by atoms with Gasteiger partial charge < -0.3 is 9.84 Å². The van der Waals surface area contributed by atoms with E-state index >= 15 is 0 Å². The maximum absolute atomic E-state index is 10.9. The molecule has 0 aliphatic carbocycles. The number of benzene rings is 2. The lowest BCUT2D eigenvalue weighted by molar-refractivity contribution is -0.142. The number of carbonyl (C=O) groups excluding carboxylic acids is 1. The number of hydrogen-bond acceptors (Lipinski definition) is 3. The molecule has 0 aromatic heterocycles. The molecule has 2 rings (SSSR count). The predicted molar refractivity (Wildman–Crippen MR) is 74.3 cm³/mol. The van der Waals surface area contributed by atoms with Gasteiger partial charge in [0.1, 0.15) is 6.61 Å². The van der Waals surface area contributed by atoms with E-state index in [2.05, 4.69) is 0 Å². The topological polar surface area (TPSA) is 63.6 Å². The van der Waals surface area contributed by atoms with Crippen LogP contribution < -0.4 is 0 Å². The van der Waals surface area contributed by atoms with Gasteiger partial charge in [-0.15, -0.1) is 0 Å². The minimum atomic E-state index is -0.946. The van der Waals surface area contributed by atoms with Gasteiger partial charge in [-0.3, -0.25) is 4.79 Å². The van der Waals surface area contributed by atoms with Crippen molar-refractivity contribution in [3.63, 3.8) is 0 Å². The standard InChI is InChI=1S/C16H14O4/c1-11(17)20-10-12-5-7-13(8-6-12)14-3-2-4-15(9-14)16(18)19/h2-9H,10H2,1H3,(H,18,19). The molecule has 0 radical (unpaired) electrons. The van der Waals surface area contributed by atoms with Gasteiger partial charge in [0.25, 0.3) is 0 Å². The summed E-state index contributed by atoms with van der Waals surface area (Å²) < 4.78 is 4.91. The van der Waals surface area contributed by atoms with Crippen LogP contribution in [0.2, 0.25) is 0 Å². The smallest absolute Gasteiger partial charge is 0.335 e. The largest absolute Gasteiger partial charge is 0.478 e. The summed E-state index contributed by atoms with van der Waals surface area (Å²) in [5, 5.41) is 8.97. The molecule has 4 nitrogen and oxygen atoms in total. The highest BCUT2D eigenvalue weighted by molar-refractivity contribution is 5.89. The summed E-state index contributed by atoms with van der Waals surface area (Å²) in [5.74, 6) is -1.26. The predicted octanol–water partition coefficient (Wildman–Crippen LogP) is 3.11. The summed E-state index contributed by atoms with van der Waals surface area (Å²) in [4.78, 5) is 21.7. The Balaban J connectivity index is 2.19. The molecule has 0 unspecified atom stereocenters. The van der Waals surface area contributed by atoms with E-state index in [1.165, 1.54) is 6.92 Å². The highest BCUT2D eigenvalue weighted by Crippen LogP contribution is 2.21. The fourth-order valence-electron chi connectivity index (χ4n) is 1.81. The molecule has 0 aliphatic rings. The van der Waals surface area contributed by atoms with Gasteiger partial charge in [0, 0.05) is 6.92 Å². The van der Waals surface area contributed by atoms with Crippen LogP contribution in [-0.2, 0) is 16.1 Å². The Bertz CT molecular complexity index is 629. The zero-order chi connectivity index (χ0) is 14.5. The first kappa shape index (κ1) is 13.8. The molecule has 0 saturated heterocycles. The Morgan fingerprint density at radius 1 is 1.05 bits per heavy atom. The summed E-state index contributed by atoms with van der Waals surface area (Å²) in [7, 11) is 0. The van der Waals surface area contributed by atoms with Gasteiger partial charge in [-0.2, -0.15) is 0 Å². The average molecular weight is 270 g/mol. The number of aromatic carboxylic acids is 1. The molecule has 0 saturated carbocycles. The van der Waals surface area contributed by atoms with E-state index < -0.39 is 5.97 Å². The highest BCUT2D eigenvalue weighted by Gasteiger charge is 2.05. The maximum Gasteiger partial charge on any atom is 0.335 e. The number of rotatable bonds is 4. The number of ether oxygens (including phenoxy) is 1. The van der Waals surface area contributed by atoms with Crippen LogP contribution in [0.15, 0.2) is 48.5 Å². The Kier molecular flexibility index (Phi) is 4.15. The SMILES string of the molecule is CC(=O)OCc1ccc(-c2cccc(C(=O)O)c2)cc1. The molecule has 0 amide bonds. The van der Waals surface area contributed by atoms with Crippen molar-refractivity contribution < 1.29 is 19.4 Å². The molecule has 0 atom stereocenters. The fourth-order valence-corrected chi connectivity index (χ4v) is 1.81. The Hall–Kier alpha value is -2.62. The molecule has 1 N–H and O–H groups in total. The second-order valence-electron chi connectivity index (χ2n) is 4.36. The Morgan fingerprint density at radius 3 is 2.35 bits per heavy atom. The molecule has 0 heterocycles. The summed E-state index contributed by atoms with van der Waals surface area (Å²) in [6, 6.07) is 14.2. The first-order valence-electron chi connectivity index (χ1n) is 6.12. The number of hydrogen-bond donors (Lipinski definition) is 1. The maximum atomic E-state index is 10.9. The molecule has 0 aliphatic heterocycles. The van der Waals surface area contributed by atoms with Crippen LogP contribution in [0.25, 0.3) is 11.1 Å². The van der Waals surface area contributed by atoms with Gasteiger partial charge >= 0.3 is 11.9 Å². The molecule has 0 spiro atoms. The normalized spacial score (nSPS) is 10.1. The third-order valence-electron chi connectivity index (χ3n) is 2.84. The zero-order valence-corrected chi connectivity index (χ0v) is 11.0. The van der Waals surface area contributed by atoms with Crippen molar-refractivity contribution in [1.82, 2.24) is 0 Å². The minimum Gasteiger partial charge on any atom is -0.478 e. The number of carboxylic acids is 1. The van der Waals surface area contributed by atoms with Gasteiger partial charge in [0.15, 0.2) is 0 Å². The molecular weight excluding hydrogens is 256 g/mol. The monoisotopic (exact) mass is 270 g/mol. The van der Waals surface area contributed by atoms with Crippen LogP contribution >= 0.6 is 0 Å². The second-order valence-corrected chi connectivity index (χ2v) is 4.36. The van der Waals surface area contributed by atoms with E-state index in [1.807, 2.05) is 30.3 Å². The van der Waals surface area contributed by atoms with Crippen LogP contribution in [0.5, 0.6) is 0 Å². The van der Waals surface area contributed by atoms with Crippen LogP contribution in [0.3, 0.4) is 0 Å². The van der Waals surface area contributed by atoms with Gasteiger partial charge in [-0.05, 0) is 28.8 Å². The molecular formula is C16H14O4. The van der Waals surface area contributed by atoms with Gasteiger partial charge in [0.05, 0.1) is 5.56 Å². The fraction of sp³-hybridized carbons (Fsp3) is 0.125. The van der Waals surface area contributed by atoms with E-state index in [0.29, 0.717) is 0 Å². The quantitative estimate of drug-likeness (QED) is 0.867. The highest BCUT2D eigenvalue weighted by atomic mass is 16.5. The minimum absolute atomic E-state index is 0.241. The van der Waals surface area contributed by atoms with Crippen LogP contribution in [-0.4, -0.2) is 17.0 Å². The summed E-state index contributed by atoms with van der Waals surface area (Å²) in [5.41, 5.74) is 2.90. The number of esters is 1. The van der Waals surface area contributed by atoms with Crippen LogP contribution in [0.4, 0.5) is 0 Å². The summed E-state index contributed by atoms with van der Waals surface area (Å²) in [6.07, 6.45) is 0. The van der Waals surface area contributed by atoms with Crippen molar-refractivity contribution in [2.24, 2.45) is 0 Å². The van der Waals surface area contributed by atoms with Crippen LogP contribution in [0.1, 0.15) is 22.8 Å². The number of carbonyl (C=O) groups is 2. The van der Waals surface area contributed by atoms with E-state index in [1.54, 1.807) is 18.2 Å². The van der Waals surface area contributed by atoms with E-state index in [9.17, 15) is 9.59 Å². The summed E-state index contributed by atoms with van der Waals surface area (Å²) in [6.45, 7) is 1.61. The molecule has 4 heteroatoms. The first-order chi connectivity index (χ1) is 9.56. The van der Waals surface area contributed by atoms with Crippen molar-refractivity contribution in [3.8, 4) is 11.1 Å². The molecule has 102 valence electrons. The van der Waals surface area contributed by atoms with E-state index in [4.69, 9.17) is 9.84 Å². The molecule has 2 aromatic rings.